The zero-order valence-electron chi connectivity index (χ0n) is 11.1. The number of piperazine rings is 1. The van der Waals surface area contributed by atoms with E-state index in [9.17, 15) is 9.59 Å². The summed E-state index contributed by atoms with van der Waals surface area (Å²) in [6.45, 7) is 3.62. The number of hydrogen-bond donors (Lipinski definition) is 2. The van der Waals surface area contributed by atoms with Crippen LogP contribution >= 0.6 is 0 Å². The fourth-order valence-corrected chi connectivity index (χ4v) is 2.42. The lowest BCUT2D eigenvalue weighted by Gasteiger charge is -2.31. The van der Waals surface area contributed by atoms with Gasteiger partial charge in [0.15, 0.2) is 0 Å². The second-order valence-electron chi connectivity index (χ2n) is 4.79. The molecular weight excluding hydrogens is 256 g/mol. The molecular formula is C14H16N4O2. The van der Waals surface area contributed by atoms with Crippen LogP contribution in [-0.4, -0.2) is 31.2 Å². The highest BCUT2D eigenvalue weighted by Gasteiger charge is 2.26. The third-order valence-corrected chi connectivity index (χ3v) is 3.49. The Bertz CT molecular complexity index is 655. The van der Waals surface area contributed by atoms with Gasteiger partial charge in [-0.1, -0.05) is 6.07 Å². The van der Waals surface area contributed by atoms with Gasteiger partial charge in [0, 0.05) is 32.4 Å². The van der Waals surface area contributed by atoms with Crippen molar-refractivity contribution < 1.29 is 0 Å². The van der Waals surface area contributed by atoms with Crippen molar-refractivity contribution in [3.8, 4) is 0 Å². The van der Waals surface area contributed by atoms with E-state index in [1.54, 1.807) is 6.20 Å². The lowest BCUT2D eigenvalue weighted by molar-refractivity contribution is 0.587. The molecule has 1 aromatic carbocycles. The van der Waals surface area contributed by atoms with E-state index < -0.39 is 5.43 Å². The van der Waals surface area contributed by atoms with E-state index in [1.807, 2.05) is 23.1 Å². The molecule has 2 aromatic rings. The molecule has 20 heavy (non-hydrogen) atoms. The predicted octanol–water partition coefficient (Wildman–Crippen LogP) is -0.301. The average molecular weight is 272 g/mol. The second kappa shape index (κ2) is 5.42. The first-order chi connectivity index (χ1) is 9.77. The third kappa shape index (κ3) is 2.30. The third-order valence-electron chi connectivity index (χ3n) is 3.49. The quantitative estimate of drug-likeness (QED) is 0.744. The number of pyridine rings is 1. The average Bonchev–Trinajstić information content (AvgIpc) is 2.52. The molecule has 0 saturated carbocycles. The molecule has 1 aliphatic rings. The number of rotatable bonds is 4. The summed E-state index contributed by atoms with van der Waals surface area (Å²) < 4.78 is 0. The van der Waals surface area contributed by atoms with Gasteiger partial charge in [-0.2, -0.15) is 0 Å². The van der Waals surface area contributed by atoms with Crippen LogP contribution < -0.4 is 26.4 Å². The molecule has 0 aliphatic carbocycles. The van der Waals surface area contributed by atoms with Crippen LogP contribution in [0.3, 0.4) is 0 Å². The van der Waals surface area contributed by atoms with Gasteiger partial charge in [-0.25, -0.2) is 0 Å². The monoisotopic (exact) mass is 272 g/mol. The largest absolute Gasteiger partial charge is 0.374 e. The maximum Gasteiger partial charge on any atom is 0.253 e. The highest BCUT2D eigenvalue weighted by molar-refractivity contribution is 5.75. The first-order valence-electron chi connectivity index (χ1n) is 6.70. The summed E-state index contributed by atoms with van der Waals surface area (Å²) >= 11 is 0. The lowest BCUT2D eigenvalue weighted by atomic mass is 10.1. The number of aromatic nitrogens is 1. The zero-order chi connectivity index (χ0) is 13.9. The molecule has 1 aliphatic heterocycles. The standard InChI is InChI=1S/C14H16N4O2/c19-13-11(17-9-10-3-1-2-4-16-10)12(14(13)20)18-7-5-15-6-8-18/h1-4,15,17H,5-9H2. The topological polar surface area (TPSA) is 74.3 Å². The fraction of sp³-hybridized carbons (Fsp3) is 0.357. The fourth-order valence-electron chi connectivity index (χ4n) is 2.42. The molecule has 2 heterocycles. The van der Waals surface area contributed by atoms with Crippen LogP contribution in [0.25, 0.3) is 0 Å². The summed E-state index contributed by atoms with van der Waals surface area (Å²) in [5, 5.41) is 6.27. The molecule has 0 amide bonds. The van der Waals surface area contributed by atoms with Crippen LogP contribution in [0.4, 0.5) is 11.4 Å². The molecule has 2 N–H and O–H groups in total. The Morgan fingerprint density at radius 3 is 2.70 bits per heavy atom. The van der Waals surface area contributed by atoms with Crippen molar-refractivity contribution in [1.82, 2.24) is 10.3 Å². The van der Waals surface area contributed by atoms with Gasteiger partial charge >= 0.3 is 0 Å². The molecule has 0 radical (unpaired) electrons. The first kappa shape index (κ1) is 12.8. The van der Waals surface area contributed by atoms with Crippen molar-refractivity contribution in [2.45, 2.75) is 6.54 Å². The molecule has 0 atom stereocenters. The zero-order valence-corrected chi connectivity index (χ0v) is 11.1. The summed E-state index contributed by atoms with van der Waals surface area (Å²) in [7, 11) is 0. The van der Waals surface area contributed by atoms with E-state index in [0.717, 1.165) is 31.9 Å². The Balaban J connectivity index is 1.75. The number of anilines is 2. The van der Waals surface area contributed by atoms with E-state index >= 15 is 0 Å². The normalized spacial score (nSPS) is 15.5. The summed E-state index contributed by atoms with van der Waals surface area (Å²) in [6.07, 6.45) is 1.70. The van der Waals surface area contributed by atoms with Crippen LogP contribution in [0.5, 0.6) is 0 Å². The van der Waals surface area contributed by atoms with Crippen LogP contribution in [0.1, 0.15) is 5.69 Å². The maximum atomic E-state index is 11.8. The molecule has 1 saturated heterocycles. The van der Waals surface area contributed by atoms with Gasteiger partial charge in [0.25, 0.3) is 10.9 Å². The number of hydrogen-bond acceptors (Lipinski definition) is 6. The van der Waals surface area contributed by atoms with Crippen molar-refractivity contribution in [2.24, 2.45) is 0 Å². The Hall–Kier alpha value is -2.21. The van der Waals surface area contributed by atoms with Crippen molar-refractivity contribution in [3.05, 3.63) is 50.5 Å². The molecule has 6 nitrogen and oxygen atoms in total. The highest BCUT2D eigenvalue weighted by atomic mass is 16.2. The van der Waals surface area contributed by atoms with Crippen molar-refractivity contribution in [1.29, 1.82) is 0 Å². The SMILES string of the molecule is O=c1c(NCc2ccccn2)c(N2CCNCC2)c1=O. The summed E-state index contributed by atoms with van der Waals surface area (Å²) in [5.74, 6) is 0. The van der Waals surface area contributed by atoms with Gasteiger partial charge < -0.3 is 15.5 Å². The van der Waals surface area contributed by atoms with Gasteiger partial charge in [-0.05, 0) is 12.1 Å². The van der Waals surface area contributed by atoms with E-state index in [0.29, 0.717) is 17.9 Å². The summed E-state index contributed by atoms with van der Waals surface area (Å²) in [5.41, 5.74) is 1.01. The first-order valence-corrected chi connectivity index (χ1v) is 6.70. The van der Waals surface area contributed by atoms with Crippen LogP contribution in [0.2, 0.25) is 0 Å². The van der Waals surface area contributed by atoms with Crippen molar-refractivity contribution >= 4 is 11.4 Å². The molecule has 0 spiro atoms. The molecule has 104 valence electrons. The van der Waals surface area contributed by atoms with Crippen LogP contribution in [-0.2, 0) is 6.54 Å². The molecule has 1 fully saturated rings. The molecule has 0 unspecified atom stereocenters. The number of nitrogens with zero attached hydrogens (tertiary/aromatic N) is 2. The van der Waals surface area contributed by atoms with Gasteiger partial charge in [-0.15, -0.1) is 0 Å². The van der Waals surface area contributed by atoms with E-state index in [2.05, 4.69) is 15.6 Å². The molecule has 6 heteroatoms. The van der Waals surface area contributed by atoms with Crippen molar-refractivity contribution in [2.75, 3.05) is 36.4 Å². The van der Waals surface area contributed by atoms with E-state index in [4.69, 9.17) is 0 Å². The highest BCUT2D eigenvalue weighted by Crippen LogP contribution is 2.20. The minimum Gasteiger partial charge on any atom is -0.374 e. The minimum absolute atomic E-state index is 0.379. The Morgan fingerprint density at radius 1 is 1.20 bits per heavy atom. The molecule has 1 aromatic heterocycles. The minimum atomic E-state index is -0.422. The van der Waals surface area contributed by atoms with Crippen LogP contribution in [0, 0.1) is 0 Å². The van der Waals surface area contributed by atoms with Gasteiger partial charge in [0.05, 0.1) is 12.2 Å². The Morgan fingerprint density at radius 2 is 2.00 bits per heavy atom. The van der Waals surface area contributed by atoms with Gasteiger partial charge in [0.2, 0.25) is 0 Å². The summed E-state index contributed by atoms with van der Waals surface area (Å²) in [4.78, 5) is 29.6. The van der Waals surface area contributed by atoms with E-state index in [1.165, 1.54) is 0 Å². The lowest BCUT2D eigenvalue weighted by Crippen LogP contribution is -2.50. The second-order valence-corrected chi connectivity index (χ2v) is 4.79. The van der Waals surface area contributed by atoms with Crippen LogP contribution in [0.15, 0.2) is 34.0 Å². The smallest absolute Gasteiger partial charge is 0.253 e. The van der Waals surface area contributed by atoms with Crippen molar-refractivity contribution in [3.63, 3.8) is 0 Å². The Kier molecular flexibility index (Phi) is 3.47. The maximum absolute atomic E-state index is 11.8. The molecule has 0 bridgehead atoms. The van der Waals surface area contributed by atoms with Gasteiger partial charge in [0.1, 0.15) is 11.4 Å². The Labute approximate surface area is 116 Å². The molecule has 3 rings (SSSR count). The van der Waals surface area contributed by atoms with Gasteiger partial charge in [-0.3, -0.25) is 14.6 Å². The van der Waals surface area contributed by atoms with E-state index in [-0.39, 0.29) is 5.43 Å². The number of nitrogens with one attached hydrogen (secondary N) is 2. The summed E-state index contributed by atoms with van der Waals surface area (Å²) in [6, 6.07) is 5.61. The predicted molar refractivity (Wildman–Crippen MR) is 78.0 cm³/mol.